The van der Waals surface area contributed by atoms with E-state index in [1.807, 2.05) is 17.7 Å². The first kappa shape index (κ1) is 21.6. The van der Waals surface area contributed by atoms with Gasteiger partial charge in [-0.25, -0.2) is 17.7 Å². The van der Waals surface area contributed by atoms with Crippen molar-refractivity contribution in [3.63, 3.8) is 0 Å². The number of halogens is 1. The summed E-state index contributed by atoms with van der Waals surface area (Å²) >= 11 is 7.34. The van der Waals surface area contributed by atoms with Gasteiger partial charge in [0.25, 0.3) is 0 Å². The molecule has 3 aromatic rings. The smallest absolute Gasteiger partial charge is 0.242 e. The number of benzene rings is 2. The lowest BCUT2D eigenvalue weighted by atomic mass is 10.3. The summed E-state index contributed by atoms with van der Waals surface area (Å²) in [7, 11) is 1.23. The van der Waals surface area contributed by atoms with Gasteiger partial charge in [-0.1, -0.05) is 29.4 Å². The second kappa shape index (κ2) is 8.35. The number of sulfonamides is 1. The van der Waals surface area contributed by atoms with Crippen molar-refractivity contribution in [1.82, 2.24) is 13.9 Å². The van der Waals surface area contributed by atoms with Crippen LogP contribution in [0.4, 0.5) is 5.69 Å². The van der Waals surface area contributed by atoms with Gasteiger partial charge < -0.3 is 9.88 Å². The Morgan fingerprint density at radius 2 is 1.97 bits per heavy atom. The third kappa shape index (κ3) is 4.58. The van der Waals surface area contributed by atoms with Crippen LogP contribution in [0.3, 0.4) is 0 Å². The van der Waals surface area contributed by atoms with Crippen molar-refractivity contribution in [2.24, 2.45) is 7.05 Å². The van der Waals surface area contributed by atoms with E-state index in [4.69, 9.17) is 11.6 Å². The molecule has 10 heteroatoms. The number of nitrogens with one attached hydrogen (secondary N) is 1. The van der Waals surface area contributed by atoms with Crippen molar-refractivity contribution in [1.29, 1.82) is 0 Å². The molecule has 1 aromatic heterocycles. The van der Waals surface area contributed by atoms with E-state index in [1.165, 1.54) is 38.0 Å². The van der Waals surface area contributed by atoms with Gasteiger partial charge in [0.1, 0.15) is 0 Å². The minimum atomic E-state index is -3.58. The van der Waals surface area contributed by atoms with Crippen molar-refractivity contribution >= 4 is 56.0 Å². The third-order valence-electron chi connectivity index (χ3n) is 4.33. The molecule has 2 aromatic carbocycles. The van der Waals surface area contributed by atoms with Crippen LogP contribution in [-0.2, 0) is 21.9 Å². The molecule has 0 saturated heterocycles. The molecule has 1 N–H and O–H groups in total. The van der Waals surface area contributed by atoms with Crippen molar-refractivity contribution in [3.05, 3.63) is 47.5 Å². The number of carbonyl (C=O) groups excluding carboxylic acids is 1. The first-order valence-electron chi connectivity index (χ1n) is 8.71. The fourth-order valence-corrected chi connectivity index (χ4v) is 4.66. The zero-order valence-electron chi connectivity index (χ0n) is 16.4. The summed E-state index contributed by atoms with van der Waals surface area (Å²) in [5.74, 6) is -0.250. The van der Waals surface area contributed by atoms with Gasteiger partial charge in [-0.3, -0.25) is 4.79 Å². The van der Waals surface area contributed by atoms with Crippen LogP contribution in [0.2, 0.25) is 5.02 Å². The maximum atomic E-state index is 12.6. The maximum absolute atomic E-state index is 12.6. The minimum absolute atomic E-state index is 0.118. The van der Waals surface area contributed by atoms with E-state index >= 15 is 0 Å². The summed E-state index contributed by atoms with van der Waals surface area (Å²) in [6, 6.07) is 11.7. The van der Waals surface area contributed by atoms with Crippen molar-refractivity contribution in [2.75, 3.05) is 19.4 Å². The van der Waals surface area contributed by atoms with Gasteiger partial charge in [0.2, 0.25) is 15.9 Å². The molecular weight excluding hydrogens is 432 g/mol. The molecular formula is C19H21ClN4O3S2. The molecule has 1 atom stereocenters. The number of imidazole rings is 1. The number of nitrogens with zero attached hydrogens (tertiary/aromatic N) is 3. The zero-order chi connectivity index (χ0) is 21.3. The molecule has 0 aliphatic carbocycles. The fourth-order valence-electron chi connectivity index (χ4n) is 2.66. The van der Waals surface area contributed by atoms with Crippen LogP contribution in [-0.4, -0.2) is 47.5 Å². The highest BCUT2D eigenvalue weighted by molar-refractivity contribution is 8.00. The molecule has 0 radical (unpaired) electrons. The molecule has 29 heavy (non-hydrogen) atoms. The summed E-state index contributed by atoms with van der Waals surface area (Å²) in [6.45, 7) is 1.77. The van der Waals surface area contributed by atoms with Crippen molar-refractivity contribution in [3.8, 4) is 0 Å². The van der Waals surface area contributed by atoms with Crippen molar-refractivity contribution < 1.29 is 13.2 Å². The van der Waals surface area contributed by atoms with Gasteiger partial charge in [-0.15, -0.1) is 0 Å². The SMILES string of the molecule is CC(Sc1nc2cc(Cl)ccc2n1C)C(=O)Nc1cccc(S(=O)(=O)N(C)C)c1. The van der Waals surface area contributed by atoms with Gasteiger partial charge in [0.15, 0.2) is 5.16 Å². The average Bonchev–Trinajstić information content (AvgIpc) is 2.96. The number of hydrogen-bond donors (Lipinski definition) is 1. The average molecular weight is 453 g/mol. The number of hydrogen-bond acceptors (Lipinski definition) is 5. The summed E-state index contributed by atoms with van der Waals surface area (Å²) in [5, 5.41) is 3.62. The quantitative estimate of drug-likeness (QED) is 0.577. The monoisotopic (exact) mass is 452 g/mol. The third-order valence-corrected chi connectivity index (χ3v) is 7.52. The molecule has 0 aliphatic rings. The molecule has 1 unspecified atom stereocenters. The normalized spacial score (nSPS) is 13.0. The number of anilines is 1. The standard InChI is InChI=1S/C19H21ClN4O3S2/c1-12(28-19-22-16-10-13(20)8-9-17(16)24(19)4)18(25)21-14-6-5-7-15(11-14)29(26,27)23(2)3/h5-12H,1-4H3,(H,21,25). The van der Waals surface area contributed by atoms with Crippen LogP contribution in [0.1, 0.15) is 6.92 Å². The molecule has 154 valence electrons. The molecule has 1 heterocycles. The van der Waals surface area contributed by atoms with E-state index in [9.17, 15) is 13.2 Å². The first-order valence-corrected chi connectivity index (χ1v) is 11.4. The summed E-state index contributed by atoms with van der Waals surface area (Å²) < 4.78 is 27.6. The molecule has 0 saturated carbocycles. The second-order valence-corrected chi connectivity index (χ2v) is 10.5. The predicted molar refractivity (Wildman–Crippen MR) is 117 cm³/mol. The van der Waals surface area contributed by atoms with Crippen molar-refractivity contribution in [2.45, 2.75) is 22.2 Å². The van der Waals surface area contributed by atoms with Gasteiger partial charge in [0.05, 0.1) is 21.2 Å². The van der Waals surface area contributed by atoms with E-state index in [0.717, 1.165) is 15.3 Å². The molecule has 0 fully saturated rings. The number of rotatable bonds is 6. The number of aromatic nitrogens is 2. The summed E-state index contributed by atoms with van der Waals surface area (Å²) in [4.78, 5) is 17.3. The molecule has 0 spiro atoms. The largest absolute Gasteiger partial charge is 0.325 e. The van der Waals surface area contributed by atoms with Crippen LogP contribution in [0.5, 0.6) is 0 Å². The molecule has 0 aliphatic heterocycles. The molecule has 1 amide bonds. The first-order chi connectivity index (χ1) is 13.6. The van der Waals surface area contributed by atoms with E-state index in [0.29, 0.717) is 15.9 Å². The molecule has 0 bridgehead atoms. The number of thioether (sulfide) groups is 1. The zero-order valence-corrected chi connectivity index (χ0v) is 18.8. The van der Waals surface area contributed by atoms with E-state index in [2.05, 4.69) is 10.3 Å². The lowest BCUT2D eigenvalue weighted by molar-refractivity contribution is -0.115. The Labute approximate surface area is 179 Å². The number of amides is 1. The van der Waals surface area contributed by atoms with Crippen LogP contribution in [0, 0.1) is 0 Å². The highest BCUT2D eigenvalue weighted by Gasteiger charge is 2.21. The Balaban J connectivity index is 1.76. The van der Waals surface area contributed by atoms with Crippen LogP contribution in [0.25, 0.3) is 11.0 Å². The van der Waals surface area contributed by atoms with Crippen LogP contribution >= 0.6 is 23.4 Å². The second-order valence-electron chi connectivity index (χ2n) is 6.65. The Bertz CT molecular complexity index is 1180. The summed E-state index contributed by atoms with van der Waals surface area (Å²) in [5.41, 5.74) is 2.10. The van der Waals surface area contributed by atoms with Gasteiger partial charge in [-0.2, -0.15) is 0 Å². The Hall–Kier alpha value is -2.07. The molecule has 3 rings (SSSR count). The Kier molecular flexibility index (Phi) is 6.23. The van der Waals surface area contributed by atoms with Gasteiger partial charge >= 0.3 is 0 Å². The van der Waals surface area contributed by atoms with Gasteiger partial charge in [0, 0.05) is 31.9 Å². The van der Waals surface area contributed by atoms with Crippen LogP contribution in [0.15, 0.2) is 52.5 Å². The van der Waals surface area contributed by atoms with E-state index < -0.39 is 15.3 Å². The number of carbonyl (C=O) groups is 1. The number of fused-ring (bicyclic) bond motifs is 1. The minimum Gasteiger partial charge on any atom is -0.325 e. The lowest BCUT2D eigenvalue weighted by Gasteiger charge is -2.14. The lowest BCUT2D eigenvalue weighted by Crippen LogP contribution is -2.24. The maximum Gasteiger partial charge on any atom is 0.242 e. The Morgan fingerprint density at radius 1 is 1.24 bits per heavy atom. The van der Waals surface area contributed by atoms with E-state index in [-0.39, 0.29) is 10.8 Å². The van der Waals surface area contributed by atoms with Gasteiger partial charge in [-0.05, 0) is 43.3 Å². The molecule has 7 nitrogen and oxygen atoms in total. The summed E-state index contributed by atoms with van der Waals surface area (Å²) in [6.07, 6.45) is 0. The predicted octanol–water partition coefficient (Wildman–Crippen LogP) is 3.60. The number of aryl methyl sites for hydroxylation is 1. The van der Waals surface area contributed by atoms with E-state index in [1.54, 1.807) is 31.2 Å². The fraction of sp³-hybridized carbons (Fsp3) is 0.263. The highest BCUT2D eigenvalue weighted by atomic mass is 35.5. The highest BCUT2D eigenvalue weighted by Crippen LogP contribution is 2.28. The van der Waals surface area contributed by atoms with Crippen LogP contribution < -0.4 is 5.32 Å². The Morgan fingerprint density at radius 3 is 2.66 bits per heavy atom. The topological polar surface area (TPSA) is 84.3 Å².